The lowest BCUT2D eigenvalue weighted by Crippen LogP contribution is -2.28. The van der Waals surface area contributed by atoms with Crippen LogP contribution in [0, 0.1) is 17.8 Å². The molecule has 1 aliphatic heterocycles. The van der Waals surface area contributed by atoms with Gasteiger partial charge in [0.15, 0.2) is 0 Å². The number of piperidine rings is 1. The van der Waals surface area contributed by atoms with Crippen molar-refractivity contribution in [2.24, 2.45) is 17.8 Å². The van der Waals surface area contributed by atoms with Crippen LogP contribution in [0.25, 0.3) is 10.9 Å². The predicted molar refractivity (Wildman–Crippen MR) is 95.6 cm³/mol. The second-order valence-corrected chi connectivity index (χ2v) is 8.36. The summed E-state index contributed by atoms with van der Waals surface area (Å²) in [4.78, 5) is 18.8. The Bertz CT molecular complexity index is 892. The molecule has 27 heavy (non-hydrogen) atoms. The van der Waals surface area contributed by atoms with Crippen molar-refractivity contribution < 1.29 is 22.7 Å². The second kappa shape index (κ2) is 5.84. The number of benzene rings is 1. The molecule has 3 atom stereocenters. The van der Waals surface area contributed by atoms with Gasteiger partial charge in [-0.15, -0.1) is 0 Å². The largest absolute Gasteiger partial charge is 0.456 e. The summed E-state index contributed by atoms with van der Waals surface area (Å²) < 4.78 is 44.2. The lowest BCUT2D eigenvalue weighted by atomic mass is 10.1. The summed E-state index contributed by atoms with van der Waals surface area (Å²) in [6.45, 7) is 6.18. The fourth-order valence-corrected chi connectivity index (χ4v) is 4.06. The third kappa shape index (κ3) is 3.35. The highest BCUT2D eigenvalue weighted by Gasteiger charge is 2.67. The van der Waals surface area contributed by atoms with Gasteiger partial charge < -0.3 is 9.64 Å². The van der Waals surface area contributed by atoms with Crippen LogP contribution in [0.1, 0.15) is 31.1 Å². The summed E-state index contributed by atoms with van der Waals surface area (Å²) in [7, 11) is 0. The van der Waals surface area contributed by atoms with Gasteiger partial charge in [-0.05, 0) is 56.9 Å². The highest BCUT2D eigenvalue weighted by Crippen LogP contribution is 2.59. The SMILES string of the molecule is CC(C)(C)OC(=O)c1ccnc2ccc(N3C[C@@H]4[C@H](C3)[C@H]4C(F)(F)F)cc12. The molecule has 144 valence electrons. The molecule has 1 aromatic carbocycles. The van der Waals surface area contributed by atoms with E-state index in [4.69, 9.17) is 4.74 Å². The summed E-state index contributed by atoms with van der Waals surface area (Å²) in [6.07, 6.45) is -2.54. The number of esters is 1. The summed E-state index contributed by atoms with van der Waals surface area (Å²) in [5.41, 5.74) is 1.26. The fourth-order valence-electron chi connectivity index (χ4n) is 4.06. The molecule has 1 aliphatic carbocycles. The van der Waals surface area contributed by atoms with Crippen LogP contribution in [0.15, 0.2) is 30.5 Å². The molecular formula is C20H21F3N2O2. The van der Waals surface area contributed by atoms with E-state index in [1.807, 2.05) is 17.0 Å². The maximum atomic E-state index is 12.9. The first-order valence-corrected chi connectivity index (χ1v) is 8.98. The van der Waals surface area contributed by atoms with E-state index in [0.29, 0.717) is 29.6 Å². The Morgan fingerprint density at radius 3 is 2.41 bits per heavy atom. The number of fused-ring (bicyclic) bond motifs is 2. The van der Waals surface area contributed by atoms with Crippen LogP contribution in [0.4, 0.5) is 18.9 Å². The minimum absolute atomic E-state index is 0.320. The van der Waals surface area contributed by atoms with Gasteiger partial charge in [0.2, 0.25) is 0 Å². The molecule has 2 heterocycles. The van der Waals surface area contributed by atoms with Crippen molar-refractivity contribution in [2.75, 3.05) is 18.0 Å². The molecule has 0 spiro atoms. The molecular weight excluding hydrogens is 357 g/mol. The Balaban J connectivity index is 1.60. The molecule has 0 amide bonds. The van der Waals surface area contributed by atoms with Gasteiger partial charge in [-0.1, -0.05) is 0 Å². The molecule has 0 radical (unpaired) electrons. The fraction of sp³-hybridized carbons (Fsp3) is 0.500. The molecule has 2 aliphatic rings. The third-order valence-corrected chi connectivity index (χ3v) is 5.28. The molecule has 0 N–H and O–H groups in total. The number of alkyl halides is 3. The molecule has 1 saturated heterocycles. The van der Waals surface area contributed by atoms with E-state index in [1.165, 1.54) is 0 Å². The number of carbonyl (C=O) groups excluding carboxylic acids is 1. The van der Waals surface area contributed by atoms with Gasteiger partial charge >= 0.3 is 12.1 Å². The van der Waals surface area contributed by atoms with Crippen molar-refractivity contribution >= 4 is 22.6 Å². The van der Waals surface area contributed by atoms with Crippen molar-refractivity contribution in [3.63, 3.8) is 0 Å². The number of carbonyl (C=O) groups is 1. The van der Waals surface area contributed by atoms with E-state index in [-0.39, 0.29) is 11.8 Å². The molecule has 0 unspecified atom stereocenters. The Labute approximate surface area is 155 Å². The maximum absolute atomic E-state index is 12.9. The minimum Gasteiger partial charge on any atom is -0.456 e. The van der Waals surface area contributed by atoms with Gasteiger partial charge in [0, 0.05) is 30.4 Å². The number of aromatic nitrogens is 1. The number of pyridine rings is 1. The van der Waals surface area contributed by atoms with Crippen molar-refractivity contribution in [1.29, 1.82) is 0 Å². The van der Waals surface area contributed by atoms with E-state index in [2.05, 4.69) is 4.98 Å². The smallest absolute Gasteiger partial charge is 0.392 e. The molecule has 1 saturated carbocycles. The summed E-state index contributed by atoms with van der Waals surface area (Å²) >= 11 is 0. The van der Waals surface area contributed by atoms with Crippen LogP contribution in [-0.4, -0.2) is 35.8 Å². The number of hydrogen-bond acceptors (Lipinski definition) is 4. The Morgan fingerprint density at radius 2 is 1.81 bits per heavy atom. The zero-order valence-electron chi connectivity index (χ0n) is 15.4. The molecule has 4 rings (SSSR count). The minimum atomic E-state index is -4.10. The van der Waals surface area contributed by atoms with Crippen molar-refractivity contribution in [3.05, 3.63) is 36.0 Å². The quantitative estimate of drug-likeness (QED) is 0.725. The number of hydrogen-bond donors (Lipinski definition) is 0. The number of halogens is 3. The van der Waals surface area contributed by atoms with Crippen molar-refractivity contribution in [1.82, 2.24) is 4.98 Å². The zero-order chi connectivity index (χ0) is 19.6. The van der Waals surface area contributed by atoms with Gasteiger partial charge in [-0.2, -0.15) is 13.2 Å². The molecule has 0 bridgehead atoms. The highest BCUT2D eigenvalue weighted by molar-refractivity contribution is 6.04. The Hall–Kier alpha value is -2.31. The van der Waals surface area contributed by atoms with Crippen molar-refractivity contribution in [3.8, 4) is 0 Å². The van der Waals surface area contributed by atoms with Gasteiger partial charge in [-0.3, -0.25) is 4.98 Å². The average Bonchev–Trinajstić information content (AvgIpc) is 3.09. The summed E-state index contributed by atoms with van der Waals surface area (Å²) in [5, 5.41) is 0.650. The first kappa shape index (κ1) is 18.1. The van der Waals surface area contributed by atoms with Crippen LogP contribution in [0.2, 0.25) is 0 Å². The van der Waals surface area contributed by atoms with Gasteiger partial charge in [0.1, 0.15) is 5.60 Å². The second-order valence-electron chi connectivity index (χ2n) is 8.36. The van der Waals surface area contributed by atoms with Crippen LogP contribution in [-0.2, 0) is 4.74 Å². The van der Waals surface area contributed by atoms with Crippen LogP contribution >= 0.6 is 0 Å². The normalized spacial score (nSPS) is 24.8. The summed E-state index contributed by atoms with van der Waals surface area (Å²) in [5.74, 6) is -2.23. The van der Waals surface area contributed by atoms with E-state index >= 15 is 0 Å². The topological polar surface area (TPSA) is 42.4 Å². The average molecular weight is 378 g/mol. The highest BCUT2D eigenvalue weighted by atomic mass is 19.4. The third-order valence-electron chi connectivity index (χ3n) is 5.28. The van der Waals surface area contributed by atoms with E-state index < -0.39 is 23.7 Å². The molecule has 4 nitrogen and oxygen atoms in total. The number of nitrogens with zero attached hydrogens (tertiary/aromatic N) is 2. The lowest BCUT2D eigenvalue weighted by molar-refractivity contribution is -0.154. The zero-order valence-corrected chi connectivity index (χ0v) is 15.4. The van der Waals surface area contributed by atoms with Gasteiger partial charge in [0.25, 0.3) is 0 Å². The number of rotatable bonds is 2. The first-order valence-electron chi connectivity index (χ1n) is 8.98. The monoisotopic (exact) mass is 378 g/mol. The molecule has 7 heteroatoms. The number of anilines is 1. The van der Waals surface area contributed by atoms with Crippen LogP contribution < -0.4 is 4.90 Å². The summed E-state index contributed by atoms with van der Waals surface area (Å²) in [6, 6.07) is 7.08. The van der Waals surface area contributed by atoms with E-state index in [0.717, 1.165) is 5.69 Å². The van der Waals surface area contributed by atoms with Gasteiger partial charge in [-0.25, -0.2) is 4.79 Å². The van der Waals surface area contributed by atoms with Gasteiger partial charge in [0.05, 0.1) is 17.0 Å². The first-order chi connectivity index (χ1) is 12.5. The molecule has 2 aromatic rings. The van der Waals surface area contributed by atoms with E-state index in [1.54, 1.807) is 39.1 Å². The molecule has 2 fully saturated rings. The van der Waals surface area contributed by atoms with E-state index in [9.17, 15) is 18.0 Å². The Morgan fingerprint density at radius 1 is 1.15 bits per heavy atom. The molecule has 1 aromatic heterocycles. The predicted octanol–water partition coefficient (Wildman–Crippen LogP) is 4.43. The van der Waals surface area contributed by atoms with Crippen molar-refractivity contribution in [2.45, 2.75) is 32.5 Å². The van der Waals surface area contributed by atoms with Crippen LogP contribution in [0.5, 0.6) is 0 Å². The van der Waals surface area contributed by atoms with Crippen LogP contribution in [0.3, 0.4) is 0 Å². The lowest BCUT2D eigenvalue weighted by Gasteiger charge is -2.24. The Kier molecular flexibility index (Phi) is 3.91. The standard InChI is InChI=1S/C20H21F3N2O2/c1-19(2,3)27-18(26)12-6-7-24-16-5-4-11(8-13(12)16)25-9-14-15(10-25)17(14)20(21,22)23/h4-8,14-15,17H,9-10H2,1-3H3/t14-,15+,17+. The maximum Gasteiger partial charge on any atom is 0.392 e. The number of ether oxygens (including phenoxy) is 1.